The van der Waals surface area contributed by atoms with E-state index in [1.165, 1.54) is 12.8 Å². The molecular weight excluding hydrogens is 344 g/mol. The van der Waals surface area contributed by atoms with Crippen molar-refractivity contribution in [3.63, 3.8) is 0 Å². The maximum atomic E-state index is 12.3. The van der Waals surface area contributed by atoms with Crippen LogP contribution in [0.4, 0.5) is 5.69 Å². The van der Waals surface area contributed by atoms with Gasteiger partial charge in [0.2, 0.25) is 11.8 Å². The normalized spacial score (nSPS) is 24.1. The summed E-state index contributed by atoms with van der Waals surface area (Å²) in [6.45, 7) is 2.00. The lowest BCUT2D eigenvalue weighted by atomic mass is 10.2. The van der Waals surface area contributed by atoms with Gasteiger partial charge < -0.3 is 10.6 Å². The van der Waals surface area contributed by atoms with Gasteiger partial charge in [-0.2, -0.15) is 0 Å². The van der Waals surface area contributed by atoms with Crippen molar-refractivity contribution in [3.05, 3.63) is 28.2 Å². The predicted octanol–water partition coefficient (Wildman–Crippen LogP) is 3.39. The minimum atomic E-state index is -0.186. The van der Waals surface area contributed by atoms with Crippen molar-refractivity contribution in [2.45, 2.75) is 45.1 Å². The van der Waals surface area contributed by atoms with Crippen LogP contribution in [0.25, 0.3) is 0 Å². The Balaban J connectivity index is 1.52. The van der Waals surface area contributed by atoms with E-state index in [0.717, 1.165) is 28.6 Å². The lowest BCUT2D eigenvalue weighted by molar-refractivity contribution is -0.125. The third kappa shape index (κ3) is 3.51. The van der Waals surface area contributed by atoms with Gasteiger partial charge in [0, 0.05) is 10.5 Å². The summed E-state index contributed by atoms with van der Waals surface area (Å²) in [5.74, 6) is -0.342. The molecule has 0 radical (unpaired) electrons. The van der Waals surface area contributed by atoms with Gasteiger partial charge in [0.05, 0.1) is 17.5 Å². The summed E-state index contributed by atoms with van der Waals surface area (Å²) < 4.78 is 0.869. The monoisotopic (exact) mass is 364 g/mol. The fraction of sp³-hybridized carbons (Fsp3) is 0.529. The zero-order chi connectivity index (χ0) is 15.7. The molecule has 2 unspecified atom stereocenters. The molecule has 2 N–H and O–H groups in total. The third-order valence-electron chi connectivity index (χ3n) is 4.55. The van der Waals surface area contributed by atoms with Crippen molar-refractivity contribution >= 4 is 33.4 Å². The van der Waals surface area contributed by atoms with Crippen LogP contribution in [0.5, 0.6) is 0 Å². The summed E-state index contributed by atoms with van der Waals surface area (Å²) >= 11 is 3.45. The topological polar surface area (TPSA) is 58.2 Å². The predicted molar refractivity (Wildman–Crippen MR) is 89.5 cm³/mol. The number of aryl methyl sites for hydroxylation is 1. The highest BCUT2D eigenvalue weighted by Gasteiger charge is 2.48. The zero-order valence-electron chi connectivity index (χ0n) is 12.7. The second-order valence-corrected chi connectivity index (χ2v) is 7.27. The quantitative estimate of drug-likeness (QED) is 0.859. The molecule has 0 heterocycles. The molecule has 4 nitrogen and oxygen atoms in total. The van der Waals surface area contributed by atoms with Crippen molar-refractivity contribution in [2.24, 2.45) is 11.8 Å². The van der Waals surface area contributed by atoms with E-state index in [1.807, 2.05) is 25.1 Å². The van der Waals surface area contributed by atoms with Crippen LogP contribution in [0.2, 0.25) is 0 Å². The molecule has 2 fully saturated rings. The Labute approximate surface area is 139 Å². The van der Waals surface area contributed by atoms with Crippen LogP contribution in [0.3, 0.4) is 0 Å². The molecule has 0 bridgehead atoms. The maximum absolute atomic E-state index is 12.3. The first-order chi connectivity index (χ1) is 10.5. The lowest BCUT2D eigenvalue weighted by Crippen LogP contribution is -2.34. The Hall–Kier alpha value is -1.36. The number of hydrogen-bond donors (Lipinski definition) is 2. The van der Waals surface area contributed by atoms with E-state index in [0.29, 0.717) is 12.5 Å². The van der Waals surface area contributed by atoms with Gasteiger partial charge in [0.25, 0.3) is 0 Å². The highest BCUT2D eigenvalue weighted by molar-refractivity contribution is 9.10. The number of nitrogens with one attached hydrogen (secondary N) is 2. The largest absolute Gasteiger partial charge is 0.353 e. The van der Waals surface area contributed by atoms with Crippen molar-refractivity contribution in [2.75, 3.05) is 5.32 Å². The van der Waals surface area contributed by atoms with Crippen molar-refractivity contribution in [1.82, 2.24) is 5.32 Å². The number of halogens is 1. The van der Waals surface area contributed by atoms with Gasteiger partial charge in [-0.15, -0.1) is 0 Å². The van der Waals surface area contributed by atoms with Gasteiger partial charge in [0.15, 0.2) is 0 Å². The summed E-state index contributed by atoms with van der Waals surface area (Å²) in [7, 11) is 0. The number of hydrogen-bond acceptors (Lipinski definition) is 2. The first-order valence-electron chi connectivity index (χ1n) is 7.92. The first-order valence-corrected chi connectivity index (χ1v) is 8.71. The molecule has 22 heavy (non-hydrogen) atoms. The molecule has 3 rings (SSSR count). The van der Waals surface area contributed by atoms with Crippen LogP contribution in [-0.4, -0.2) is 17.9 Å². The van der Waals surface area contributed by atoms with E-state index >= 15 is 0 Å². The Kier molecular flexibility index (Phi) is 4.52. The summed E-state index contributed by atoms with van der Waals surface area (Å²) in [6.07, 6.45) is 5.20. The molecule has 0 aromatic heterocycles. The van der Waals surface area contributed by atoms with Gasteiger partial charge in [-0.3, -0.25) is 9.59 Å². The highest BCUT2D eigenvalue weighted by atomic mass is 79.9. The molecular formula is C17H21BrN2O2. The minimum Gasteiger partial charge on any atom is -0.353 e. The molecule has 0 aliphatic heterocycles. The third-order valence-corrected chi connectivity index (χ3v) is 5.20. The van der Waals surface area contributed by atoms with E-state index in [4.69, 9.17) is 0 Å². The average molecular weight is 365 g/mol. The summed E-state index contributed by atoms with van der Waals surface area (Å²) in [5.41, 5.74) is 1.89. The number of amides is 2. The number of anilines is 1. The van der Waals surface area contributed by atoms with Crippen LogP contribution in [0, 0.1) is 18.8 Å². The molecule has 118 valence electrons. The molecule has 2 atom stereocenters. The fourth-order valence-corrected chi connectivity index (χ4v) is 3.69. The molecule has 2 aliphatic carbocycles. The molecule has 1 aromatic carbocycles. The number of carbonyl (C=O) groups excluding carboxylic acids is 2. The van der Waals surface area contributed by atoms with Gasteiger partial charge in [-0.1, -0.05) is 18.9 Å². The van der Waals surface area contributed by atoms with Gasteiger partial charge in [-0.25, -0.2) is 0 Å². The molecule has 2 amide bonds. The summed E-state index contributed by atoms with van der Waals surface area (Å²) in [5, 5.41) is 5.99. The standard InChI is InChI=1S/C17H21BrN2O2/c1-10-6-7-15(14(18)8-10)20-17(22)13-9-12(13)16(21)19-11-4-2-3-5-11/h6-8,11-13H,2-5,9H2,1H3,(H,19,21)(H,20,22). The Morgan fingerprint density at radius 1 is 1.14 bits per heavy atom. The van der Waals surface area contributed by atoms with E-state index in [9.17, 15) is 9.59 Å². The molecule has 5 heteroatoms. The van der Waals surface area contributed by atoms with Gasteiger partial charge >= 0.3 is 0 Å². The summed E-state index contributed by atoms with van der Waals surface area (Å²) in [4.78, 5) is 24.4. The Morgan fingerprint density at radius 2 is 1.82 bits per heavy atom. The van der Waals surface area contributed by atoms with E-state index < -0.39 is 0 Å². The fourth-order valence-electron chi connectivity index (χ4n) is 3.10. The van der Waals surface area contributed by atoms with E-state index in [2.05, 4.69) is 26.6 Å². The average Bonchev–Trinajstić information content (AvgIpc) is 3.13. The number of benzene rings is 1. The molecule has 0 spiro atoms. The molecule has 2 saturated carbocycles. The van der Waals surface area contributed by atoms with Crippen molar-refractivity contribution in [1.29, 1.82) is 0 Å². The smallest absolute Gasteiger partial charge is 0.228 e. The van der Waals surface area contributed by atoms with Crippen molar-refractivity contribution in [3.8, 4) is 0 Å². The van der Waals surface area contributed by atoms with Crippen LogP contribution >= 0.6 is 15.9 Å². The van der Waals surface area contributed by atoms with Gasteiger partial charge in [0.1, 0.15) is 0 Å². The summed E-state index contributed by atoms with van der Waals surface area (Å²) in [6, 6.07) is 6.13. The van der Waals surface area contributed by atoms with E-state index in [1.54, 1.807) is 0 Å². The SMILES string of the molecule is Cc1ccc(NC(=O)C2CC2C(=O)NC2CCCC2)c(Br)c1. The lowest BCUT2D eigenvalue weighted by Gasteiger charge is -2.12. The Morgan fingerprint density at radius 3 is 2.50 bits per heavy atom. The molecule has 2 aliphatic rings. The number of rotatable bonds is 4. The van der Waals surface area contributed by atoms with Crippen LogP contribution in [-0.2, 0) is 9.59 Å². The maximum Gasteiger partial charge on any atom is 0.228 e. The van der Waals surface area contributed by atoms with Gasteiger partial charge in [-0.05, 0) is 59.8 Å². The zero-order valence-corrected chi connectivity index (χ0v) is 14.3. The number of carbonyl (C=O) groups is 2. The minimum absolute atomic E-state index is 0.0509. The van der Waals surface area contributed by atoms with Crippen LogP contribution in [0.15, 0.2) is 22.7 Å². The van der Waals surface area contributed by atoms with Crippen molar-refractivity contribution < 1.29 is 9.59 Å². The Bertz CT molecular complexity index is 596. The molecule has 0 saturated heterocycles. The van der Waals surface area contributed by atoms with Crippen LogP contribution in [0.1, 0.15) is 37.7 Å². The second-order valence-electron chi connectivity index (χ2n) is 6.41. The first kappa shape index (κ1) is 15.5. The van der Waals surface area contributed by atoms with Crippen LogP contribution < -0.4 is 10.6 Å². The second kappa shape index (κ2) is 6.41. The van der Waals surface area contributed by atoms with E-state index in [-0.39, 0.29) is 23.7 Å². The highest BCUT2D eigenvalue weighted by Crippen LogP contribution is 2.40. The molecule has 1 aromatic rings.